The summed E-state index contributed by atoms with van der Waals surface area (Å²) in [4.78, 5) is 7.70. The van der Waals surface area contributed by atoms with Gasteiger partial charge in [0.15, 0.2) is 0 Å². The minimum Gasteiger partial charge on any atom is -0.507 e. The molecule has 1 N–H and O–H groups in total. The largest absolute Gasteiger partial charge is 0.507 e. The van der Waals surface area contributed by atoms with Gasteiger partial charge in [0.2, 0.25) is 5.28 Å². The van der Waals surface area contributed by atoms with E-state index in [0.29, 0.717) is 16.3 Å². The van der Waals surface area contributed by atoms with Crippen LogP contribution in [0, 0.1) is 0 Å². The van der Waals surface area contributed by atoms with Crippen molar-refractivity contribution in [2.75, 3.05) is 0 Å². The Kier molecular flexibility index (Phi) is 3.61. The lowest BCUT2D eigenvalue weighted by Gasteiger charge is -2.01. The first-order chi connectivity index (χ1) is 8.15. The maximum absolute atomic E-state index is 9.89. The predicted octanol–water partition coefficient (Wildman–Crippen LogP) is 3.84. The SMILES string of the molecule is O/C(=C/c1ccnc(Cl)n1)c1cccc(Cl)c1. The second kappa shape index (κ2) is 5.17. The van der Waals surface area contributed by atoms with E-state index >= 15 is 0 Å². The van der Waals surface area contributed by atoms with Crippen molar-refractivity contribution < 1.29 is 5.11 Å². The van der Waals surface area contributed by atoms with Gasteiger partial charge in [0.1, 0.15) is 5.76 Å². The van der Waals surface area contributed by atoms with Crippen molar-refractivity contribution in [1.82, 2.24) is 9.97 Å². The second-order valence-electron chi connectivity index (χ2n) is 3.29. The molecule has 3 nitrogen and oxygen atoms in total. The average Bonchev–Trinajstić information content (AvgIpc) is 2.29. The van der Waals surface area contributed by atoms with E-state index in [0.717, 1.165) is 0 Å². The second-order valence-corrected chi connectivity index (χ2v) is 4.06. The molecule has 2 aromatic rings. The molecular formula is C12H8Cl2N2O. The molecule has 17 heavy (non-hydrogen) atoms. The van der Waals surface area contributed by atoms with Crippen molar-refractivity contribution in [3.63, 3.8) is 0 Å². The van der Waals surface area contributed by atoms with Crippen LogP contribution in [-0.4, -0.2) is 15.1 Å². The molecular weight excluding hydrogens is 259 g/mol. The van der Waals surface area contributed by atoms with E-state index in [1.54, 1.807) is 30.3 Å². The first kappa shape index (κ1) is 11.9. The van der Waals surface area contributed by atoms with E-state index in [9.17, 15) is 5.11 Å². The smallest absolute Gasteiger partial charge is 0.222 e. The number of hydrogen-bond donors (Lipinski definition) is 1. The van der Waals surface area contributed by atoms with Crippen molar-refractivity contribution in [3.8, 4) is 0 Å². The lowest BCUT2D eigenvalue weighted by Crippen LogP contribution is -1.87. The third-order valence-corrected chi connectivity index (χ3v) is 2.47. The van der Waals surface area contributed by atoms with Gasteiger partial charge in [-0.1, -0.05) is 23.7 Å². The van der Waals surface area contributed by atoms with Gasteiger partial charge >= 0.3 is 0 Å². The topological polar surface area (TPSA) is 46.0 Å². The molecule has 0 atom stereocenters. The standard InChI is InChI=1S/C12H8Cl2N2O/c13-9-3-1-2-8(6-9)11(17)7-10-4-5-15-12(14)16-10/h1-7,17H/b11-7+. The summed E-state index contributed by atoms with van der Waals surface area (Å²) in [6.45, 7) is 0. The highest BCUT2D eigenvalue weighted by molar-refractivity contribution is 6.30. The van der Waals surface area contributed by atoms with Gasteiger partial charge in [0.25, 0.3) is 0 Å². The number of halogens is 2. The molecule has 2 rings (SSSR count). The monoisotopic (exact) mass is 266 g/mol. The Labute approximate surface area is 108 Å². The maximum atomic E-state index is 9.89. The van der Waals surface area contributed by atoms with Gasteiger partial charge in [-0.25, -0.2) is 9.97 Å². The summed E-state index contributed by atoms with van der Waals surface area (Å²) < 4.78 is 0. The van der Waals surface area contributed by atoms with Gasteiger partial charge in [-0.3, -0.25) is 0 Å². The van der Waals surface area contributed by atoms with Crippen LogP contribution in [0.15, 0.2) is 36.5 Å². The van der Waals surface area contributed by atoms with Gasteiger partial charge in [-0.15, -0.1) is 0 Å². The normalized spacial score (nSPS) is 11.5. The Balaban J connectivity index is 2.34. The lowest BCUT2D eigenvalue weighted by atomic mass is 10.1. The van der Waals surface area contributed by atoms with Crippen LogP contribution in [-0.2, 0) is 0 Å². The summed E-state index contributed by atoms with van der Waals surface area (Å²) in [5.41, 5.74) is 1.15. The fourth-order valence-corrected chi connectivity index (χ4v) is 1.64. The van der Waals surface area contributed by atoms with E-state index in [2.05, 4.69) is 9.97 Å². The van der Waals surface area contributed by atoms with Crippen molar-refractivity contribution in [1.29, 1.82) is 0 Å². The van der Waals surface area contributed by atoms with Crippen LogP contribution in [0.3, 0.4) is 0 Å². The highest BCUT2D eigenvalue weighted by atomic mass is 35.5. The van der Waals surface area contributed by atoms with Crippen LogP contribution < -0.4 is 0 Å². The van der Waals surface area contributed by atoms with Crippen LogP contribution in [0.5, 0.6) is 0 Å². The third kappa shape index (κ3) is 3.19. The zero-order valence-corrected chi connectivity index (χ0v) is 10.2. The van der Waals surface area contributed by atoms with E-state index < -0.39 is 0 Å². The summed E-state index contributed by atoms with van der Waals surface area (Å²) in [5, 5.41) is 10.6. The Morgan fingerprint density at radius 2 is 2.06 bits per heavy atom. The van der Waals surface area contributed by atoms with E-state index in [1.807, 2.05) is 0 Å². The van der Waals surface area contributed by atoms with Gasteiger partial charge in [0, 0.05) is 22.9 Å². The molecule has 0 amide bonds. The minimum absolute atomic E-state index is 0.0715. The summed E-state index contributed by atoms with van der Waals surface area (Å²) in [5.74, 6) is 0.0715. The molecule has 1 aromatic carbocycles. The van der Waals surface area contributed by atoms with Crippen molar-refractivity contribution in [2.24, 2.45) is 0 Å². The quantitative estimate of drug-likeness (QED) is 0.664. The van der Waals surface area contributed by atoms with Crippen molar-refractivity contribution >= 4 is 35.0 Å². The third-order valence-electron chi connectivity index (χ3n) is 2.05. The molecule has 0 aliphatic heterocycles. The summed E-state index contributed by atoms with van der Waals surface area (Å²) in [6, 6.07) is 8.55. The molecule has 0 bridgehead atoms. The molecule has 0 aliphatic rings. The number of hydrogen-bond acceptors (Lipinski definition) is 3. The fraction of sp³-hybridized carbons (Fsp3) is 0. The Bertz CT molecular complexity index is 570. The number of aliphatic hydroxyl groups is 1. The van der Waals surface area contributed by atoms with Gasteiger partial charge in [0.05, 0.1) is 5.69 Å². The van der Waals surface area contributed by atoms with E-state index in [-0.39, 0.29) is 11.0 Å². The number of nitrogens with zero attached hydrogens (tertiary/aromatic N) is 2. The van der Waals surface area contributed by atoms with Crippen LogP contribution in [0.25, 0.3) is 11.8 Å². The predicted molar refractivity (Wildman–Crippen MR) is 69.0 cm³/mol. The Hall–Kier alpha value is -1.58. The number of aromatic nitrogens is 2. The van der Waals surface area contributed by atoms with Crippen molar-refractivity contribution in [3.05, 3.63) is 58.1 Å². The van der Waals surface area contributed by atoms with Crippen LogP contribution in [0.4, 0.5) is 0 Å². The first-order valence-corrected chi connectivity index (χ1v) is 5.56. The highest BCUT2D eigenvalue weighted by Gasteiger charge is 2.01. The minimum atomic E-state index is 0.0715. The molecule has 0 saturated carbocycles. The highest BCUT2D eigenvalue weighted by Crippen LogP contribution is 2.18. The number of rotatable bonds is 2. The summed E-state index contributed by atoms with van der Waals surface area (Å²) in [7, 11) is 0. The zero-order chi connectivity index (χ0) is 12.3. The molecule has 0 aliphatic carbocycles. The molecule has 5 heteroatoms. The van der Waals surface area contributed by atoms with Gasteiger partial charge in [-0.2, -0.15) is 0 Å². The molecule has 0 saturated heterocycles. The average molecular weight is 267 g/mol. The van der Waals surface area contributed by atoms with Crippen LogP contribution in [0.1, 0.15) is 11.3 Å². The van der Waals surface area contributed by atoms with Gasteiger partial charge in [-0.05, 0) is 29.8 Å². The lowest BCUT2D eigenvalue weighted by molar-refractivity contribution is 0.515. The molecule has 0 radical (unpaired) electrons. The summed E-state index contributed by atoms with van der Waals surface area (Å²) in [6.07, 6.45) is 3.02. The van der Waals surface area contributed by atoms with E-state index in [1.165, 1.54) is 12.3 Å². The first-order valence-electron chi connectivity index (χ1n) is 4.80. The van der Waals surface area contributed by atoms with Crippen molar-refractivity contribution in [2.45, 2.75) is 0 Å². The summed E-state index contributed by atoms with van der Waals surface area (Å²) >= 11 is 11.5. The maximum Gasteiger partial charge on any atom is 0.222 e. The number of benzene rings is 1. The fourth-order valence-electron chi connectivity index (χ4n) is 1.30. The molecule has 0 unspecified atom stereocenters. The molecule has 0 fully saturated rings. The Morgan fingerprint density at radius 1 is 1.24 bits per heavy atom. The Morgan fingerprint density at radius 3 is 2.76 bits per heavy atom. The number of aliphatic hydroxyl groups excluding tert-OH is 1. The molecule has 86 valence electrons. The van der Waals surface area contributed by atoms with E-state index in [4.69, 9.17) is 23.2 Å². The van der Waals surface area contributed by atoms with Crippen LogP contribution >= 0.6 is 23.2 Å². The van der Waals surface area contributed by atoms with Crippen LogP contribution in [0.2, 0.25) is 10.3 Å². The zero-order valence-electron chi connectivity index (χ0n) is 8.64. The molecule has 0 spiro atoms. The van der Waals surface area contributed by atoms with Gasteiger partial charge < -0.3 is 5.11 Å². The molecule has 1 heterocycles. The molecule has 1 aromatic heterocycles.